The second kappa shape index (κ2) is 41.0. The first-order valence-corrected chi connectivity index (χ1v) is 115. The summed E-state index contributed by atoms with van der Waals surface area (Å²) in [7, 11) is -34.3. The first kappa shape index (κ1) is 119. The van der Waals surface area contributed by atoms with Gasteiger partial charge >= 0.3 is 0 Å². The predicted octanol–water partition coefficient (Wildman–Crippen LogP) is 30.6. The van der Waals surface area contributed by atoms with Gasteiger partial charge in [0.15, 0.2) is 0 Å². The molecule has 0 radical (unpaired) electrons. The molecule has 0 atom stereocenters. The molecule has 9 aliphatic carbocycles. The summed E-state index contributed by atoms with van der Waals surface area (Å²) < 4.78 is 0. The molecule has 9 aliphatic rings. The molecule has 0 saturated heterocycles. The van der Waals surface area contributed by atoms with Gasteiger partial charge in [-0.1, -0.05) is 460 Å². The van der Waals surface area contributed by atoms with E-state index in [4.69, 9.17) is 12.8 Å². The SMILES string of the molecule is C#CC1=C([Si](C)(C)C)C(C#CC#CC2=C([Si](C)(C)C)C(C#CC#CC3=C([Si](C)(C)C)C(C#CC#CC4=C([Si](C)(C)C)C(C#CC#CC5=C([Si](C)(C)C)C(C#CC#CC6=C([Si](C)(C)C)C(C#CC#CC7=C([Si](C)(C)C)C(C#CC#CC8=C([Si](C)(C)C)C(C#CC#CC9=C([Si](C)(C)C)C(C#C)=C9[Si](C)(C)C)=C8[Si](C)(C)C)=C7[Si](C)(C)C)=C6[Si](C)(C)C)=C5[Si](C)(C)C)=C4[Si](C)(C)C)=C3[Si](C)(C)C)=C2[Si](C)(C)C)=C1[Si](C)(C)C. The van der Waals surface area contributed by atoms with Crippen LogP contribution in [-0.2, 0) is 0 Å². The number of hydrogen-bond acceptors (Lipinski definition) is 0. The van der Waals surface area contributed by atoms with Crippen LogP contribution in [0.4, 0.5) is 0 Å². The summed E-state index contributed by atoms with van der Waals surface area (Å²) in [6.45, 7) is 130. The molecule has 9 rings (SSSR count). The zero-order valence-corrected chi connectivity index (χ0v) is 117. The lowest BCUT2D eigenvalue weighted by Gasteiger charge is -2.38. The number of hydrogen-bond donors (Lipinski definition) is 0. The van der Waals surface area contributed by atoms with E-state index in [0.717, 1.165) is 11.1 Å². The van der Waals surface area contributed by atoms with Crippen LogP contribution < -0.4 is 0 Å². The van der Waals surface area contributed by atoms with Gasteiger partial charge in [0.25, 0.3) is 0 Å². The van der Waals surface area contributed by atoms with E-state index in [-0.39, 0.29) is 0 Å². The molecule has 18 heteroatoms. The Hall–Kier alpha value is -8.70. The van der Waals surface area contributed by atoms with Gasteiger partial charge in [0, 0.05) is 100 Å². The highest BCUT2D eigenvalue weighted by Crippen LogP contribution is 2.54. The van der Waals surface area contributed by atoms with Crippen molar-refractivity contribution in [1.82, 2.24) is 0 Å². The van der Waals surface area contributed by atoms with Crippen molar-refractivity contribution >= 4 is 145 Å². The summed E-state index contributed by atoms with van der Waals surface area (Å²) >= 11 is 0. The number of rotatable bonds is 18. The summed E-state index contributed by atoms with van der Waals surface area (Å²) in [5.74, 6) is 120. The van der Waals surface area contributed by atoms with Crippen LogP contribution in [0.1, 0.15) is 0 Å². The third kappa shape index (κ3) is 25.4. The molecule has 0 aliphatic heterocycles. The highest BCUT2D eigenvalue weighted by Gasteiger charge is 2.51. The van der Waals surface area contributed by atoms with Crippen LogP contribution in [0.15, 0.2) is 194 Å². The van der Waals surface area contributed by atoms with Gasteiger partial charge in [-0.2, -0.15) is 0 Å². The van der Waals surface area contributed by atoms with Crippen LogP contribution in [0, 0.1) is 214 Å². The standard InChI is InChI=1S/C126H164Si18/c1-57-91-109(127(3,4)5)93(110(91)128(6,7)8)75-59-61-77-95-113(131(15,16)17)97(114(95)132(18,19)20)79-63-65-81-99-117(135(27,28)29)101(118(99)136(30,31)32)83-67-69-85-103-121(139(39,40)41)105(122(103)140(42,43)44)87-71-73-89-107-125(143(51,52)53)108(126(107)144(54,55)56)90-74-72-88-106-123(141(45,46)47)104(124(106)142(48,49)50)86-70-68-84-102-119(137(33,34)35)100(120(102)138(36,37)38)82-66-64-80-98-115(133(21,22)23)96(116(98)134(24,25)26)78-62-60-76-94-111(129(9,10)11)92(58-2)112(94)130(12,13)14/h1-2H,3-56H3. The molecular formula is C126H164Si18. The molecule has 0 N–H and O–H groups in total. The Morgan fingerprint density at radius 3 is 0.188 bits per heavy atom. The summed E-state index contributed by atoms with van der Waals surface area (Å²) in [6, 6.07) is 0. The van der Waals surface area contributed by atoms with Crippen LogP contribution in [0.2, 0.25) is 354 Å². The van der Waals surface area contributed by atoms with Crippen molar-refractivity contribution in [3.05, 3.63) is 194 Å². The van der Waals surface area contributed by atoms with Crippen LogP contribution in [0.3, 0.4) is 0 Å². The van der Waals surface area contributed by atoms with E-state index in [2.05, 4.69) is 555 Å². The van der Waals surface area contributed by atoms with Crippen LogP contribution in [0.25, 0.3) is 0 Å². The molecule has 0 unspecified atom stereocenters. The van der Waals surface area contributed by atoms with Crippen molar-refractivity contribution in [3.8, 4) is 214 Å². The fraction of sp³-hybridized carbons (Fsp3) is 0.429. The average Bonchev–Trinajstić information content (AvgIpc) is 0.706. The lowest BCUT2D eigenvalue weighted by atomic mass is 9.97. The summed E-state index contributed by atoms with van der Waals surface area (Å²) in [5, 5.41) is 24.1. The third-order valence-corrected chi connectivity index (χ3v) is 62.3. The van der Waals surface area contributed by atoms with E-state index in [1.54, 1.807) is 0 Å². The highest BCUT2D eigenvalue weighted by atomic mass is 28.4. The largest absolute Gasteiger partial charge is 0.115 e. The maximum Gasteiger partial charge on any atom is 0.0808 e. The Bertz CT molecular complexity index is 7020. The minimum atomic E-state index is -1.99. The van der Waals surface area contributed by atoms with Crippen molar-refractivity contribution in [2.75, 3.05) is 0 Å². The third-order valence-electron chi connectivity index (χ3n) is 26.3. The molecule has 0 bridgehead atoms. The van der Waals surface area contributed by atoms with Crippen molar-refractivity contribution < 1.29 is 0 Å². The summed E-state index contributed by atoms with van der Waals surface area (Å²) in [6.07, 6.45) is 12.4. The molecular weight excluding hydrogens is 2020 g/mol. The van der Waals surface area contributed by atoms with Gasteiger partial charge in [-0.25, -0.2) is 0 Å². The van der Waals surface area contributed by atoms with E-state index in [1.807, 2.05) is 0 Å². The van der Waals surface area contributed by atoms with Gasteiger partial charge in [0.1, 0.15) is 0 Å². The molecule has 0 spiro atoms. The van der Waals surface area contributed by atoms with Crippen LogP contribution in [-0.4, -0.2) is 145 Å². The summed E-state index contributed by atoms with van der Waals surface area (Å²) in [4.78, 5) is 0. The quantitative estimate of drug-likeness (QED) is 0.0948. The molecule has 0 aromatic rings. The van der Waals surface area contributed by atoms with E-state index in [9.17, 15) is 0 Å². The van der Waals surface area contributed by atoms with Crippen LogP contribution in [0.5, 0.6) is 0 Å². The highest BCUT2D eigenvalue weighted by molar-refractivity contribution is 6.96. The average molecular weight is 2180 g/mol. The molecule has 0 amide bonds. The Morgan fingerprint density at radius 1 is 0.0903 bits per heavy atom. The normalized spacial score (nSPS) is 17.1. The Morgan fingerprint density at radius 2 is 0.139 bits per heavy atom. The van der Waals surface area contributed by atoms with E-state index in [1.165, 1.54) is 183 Å². The zero-order chi connectivity index (χ0) is 110. The molecule has 144 heavy (non-hydrogen) atoms. The van der Waals surface area contributed by atoms with E-state index in [0.29, 0.717) is 0 Å². The molecule has 740 valence electrons. The van der Waals surface area contributed by atoms with Gasteiger partial charge in [0.2, 0.25) is 0 Å². The van der Waals surface area contributed by atoms with Gasteiger partial charge in [0.05, 0.1) is 145 Å². The maximum absolute atomic E-state index is 6.18. The lowest BCUT2D eigenvalue weighted by Crippen LogP contribution is -2.39. The number of allylic oxidation sites excluding steroid dienone is 36. The Labute approximate surface area is 898 Å². The van der Waals surface area contributed by atoms with Crippen molar-refractivity contribution in [1.29, 1.82) is 0 Å². The zero-order valence-electron chi connectivity index (χ0n) is 99.2. The topological polar surface area (TPSA) is 0 Å². The first-order chi connectivity index (χ1) is 65.0. The molecule has 0 nitrogen and oxygen atoms in total. The molecule has 0 aromatic heterocycles. The molecule has 0 saturated carbocycles. The van der Waals surface area contributed by atoms with Crippen molar-refractivity contribution in [3.63, 3.8) is 0 Å². The van der Waals surface area contributed by atoms with Gasteiger partial charge in [-0.3, -0.25) is 0 Å². The lowest BCUT2D eigenvalue weighted by molar-refractivity contribution is 1.36. The van der Waals surface area contributed by atoms with E-state index < -0.39 is 145 Å². The van der Waals surface area contributed by atoms with Crippen molar-refractivity contribution in [2.45, 2.75) is 354 Å². The first-order valence-electron chi connectivity index (χ1n) is 51.6. The Kier molecular flexibility index (Phi) is 33.8. The Balaban J connectivity index is 0.991. The van der Waals surface area contributed by atoms with Crippen LogP contribution >= 0.6 is 0 Å². The summed E-state index contributed by atoms with van der Waals surface area (Å²) in [5.41, 5.74) is 21.0. The maximum atomic E-state index is 6.18. The van der Waals surface area contributed by atoms with Gasteiger partial charge in [-0.15, -0.1) is 12.8 Å². The van der Waals surface area contributed by atoms with E-state index >= 15 is 0 Å². The second-order valence-electron chi connectivity index (χ2n) is 58.3. The fourth-order valence-electron chi connectivity index (χ4n) is 21.2. The fourth-order valence-corrected chi connectivity index (χ4v) is 57.3. The predicted molar refractivity (Wildman–Crippen MR) is 689 cm³/mol. The molecule has 0 aromatic carbocycles. The molecule has 0 fully saturated rings. The minimum absolute atomic E-state index is 1.12. The second-order valence-corrected chi connectivity index (χ2v) is 148. The van der Waals surface area contributed by atoms with Crippen molar-refractivity contribution in [2.24, 2.45) is 0 Å². The van der Waals surface area contributed by atoms with Gasteiger partial charge in [-0.05, 0) is 188 Å². The smallest absolute Gasteiger partial charge is 0.0808 e. The minimum Gasteiger partial charge on any atom is -0.115 e. The van der Waals surface area contributed by atoms with Gasteiger partial charge < -0.3 is 0 Å². The monoisotopic (exact) mass is 2180 g/mol. The molecule has 0 heterocycles. The number of terminal acetylenes is 2.